The molecule has 3 N–H and O–H groups in total. The number of nitrogens with zero attached hydrogens (tertiary/aromatic N) is 2. The van der Waals surface area contributed by atoms with Gasteiger partial charge in [0.1, 0.15) is 5.82 Å². The van der Waals surface area contributed by atoms with Crippen molar-refractivity contribution in [2.45, 2.75) is 6.42 Å². The standard InChI is InChI=1S/C11H18N4/c1-15-5-3-9(8-15)7-14-11-6-10(12)2-4-13-11/h2,4,6,9H,3,5,7-8H2,1H3,(H3,12,13,14). The van der Waals surface area contributed by atoms with E-state index in [0.717, 1.165) is 24.0 Å². The summed E-state index contributed by atoms with van der Waals surface area (Å²) in [6.45, 7) is 3.37. The maximum absolute atomic E-state index is 5.68. The molecule has 4 nitrogen and oxygen atoms in total. The van der Waals surface area contributed by atoms with E-state index < -0.39 is 0 Å². The Kier molecular flexibility index (Phi) is 3.06. The van der Waals surface area contributed by atoms with E-state index in [0.29, 0.717) is 0 Å². The minimum atomic E-state index is 0.734. The molecule has 1 aliphatic heterocycles. The lowest BCUT2D eigenvalue weighted by Crippen LogP contribution is -2.19. The number of aromatic nitrogens is 1. The number of rotatable bonds is 3. The second kappa shape index (κ2) is 4.49. The molecule has 0 aromatic carbocycles. The fraction of sp³-hybridized carbons (Fsp3) is 0.545. The number of nitrogens with two attached hydrogens (primary N) is 1. The van der Waals surface area contributed by atoms with Crippen LogP contribution in [0.4, 0.5) is 11.5 Å². The Morgan fingerprint density at radius 3 is 3.20 bits per heavy atom. The highest BCUT2D eigenvalue weighted by Gasteiger charge is 2.18. The van der Waals surface area contributed by atoms with Crippen LogP contribution in [0.5, 0.6) is 0 Å². The van der Waals surface area contributed by atoms with Crippen molar-refractivity contribution in [3.8, 4) is 0 Å². The minimum absolute atomic E-state index is 0.734. The van der Waals surface area contributed by atoms with Gasteiger partial charge in [0.15, 0.2) is 0 Å². The van der Waals surface area contributed by atoms with E-state index >= 15 is 0 Å². The summed E-state index contributed by atoms with van der Waals surface area (Å²) in [5.74, 6) is 1.61. The van der Waals surface area contributed by atoms with E-state index in [1.807, 2.05) is 6.07 Å². The number of pyridine rings is 1. The molecule has 0 aliphatic carbocycles. The predicted molar refractivity (Wildman–Crippen MR) is 62.7 cm³/mol. The average molecular weight is 206 g/mol. The summed E-state index contributed by atoms with van der Waals surface area (Å²) in [6, 6.07) is 3.67. The Labute approximate surface area is 90.5 Å². The zero-order chi connectivity index (χ0) is 10.7. The van der Waals surface area contributed by atoms with Gasteiger partial charge in [-0.05, 0) is 32.0 Å². The number of nitrogen functional groups attached to an aromatic ring is 1. The first kappa shape index (κ1) is 10.2. The Hall–Kier alpha value is -1.29. The lowest BCUT2D eigenvalue weighted by Gasteiger charge is -2.12. The van der Waals surface area contributed by atoms with E-state index in [1.54, 1.807) is 12.3 Å². The van der Waals surface area contributed by atoms with Crippen molar-refractivity contribution < 1.29 is 0 Å². The second-order valence-corrected chi connectivity index (χ2v) is 4.27. The molecule has 1 aromatic rings. The first-order valence-corrected chi connectivity index (χ1v) is 5.38. The van der Waals surface area contributed by atoms with Crippen molar-refractivity contribution in [2.24, 2.45) is 5.92 Å². The fourth-order valence-corrected chi connectivity index (χ4v) is 1.99. The van der Waals surface area contributed by atoms with E-state index in [4.69, 9.17) is 5.73 Å². The highest BCUT2D eigenvalue weighted by molar-refractivity contribution is 5.48. The Bertz CT molecular complexity index is 326. The summed E-state index contributed by atoms with van der Waals surface area (Å²) in [5, 5.41) is 3.33. The third-order valence-corrected chi connectivity index (χ3v) is 2.84. The van der Waals surface area contributed by atoms with Crippen LogP contribution in [-0.4, -0.2) is 36.6 Å². The van der Waals surface area contributed by atoms with Crippen molar-refractivity contribution in [3.05, 3.63) is 18.3 Å². The molecule has 0 bridgehead atoms. The monoisotopic (exact) mass is 206 g/mol. The molecule has 0 radical (unpaired) electrons. The zero-order valence-electron chi connectivity index (χ0n) is 9.11. The van der Waals surface area contributed by atoms with Gasteiger partial charge in [0.25, 0.3) is 0 Å². The lowest BCUT2D eigenvalue weighted by atomic mass is 10.1. The fourth-order valence-electron chi connectivity index (χ4n) is 1.99. The molecule has 2 rings (SSSR count). The molecule has 0 saturated carbocycles. The molecule has 4 heteroatoms. The van der Waals surface area contributed by atoms with Gasteiger partial charge in [-0.2, -0.15) is 0 Å². The Morgan fingerprint density at radius 1 is 1.67 bits per heavy atom. The highest BCUT2D eigenvalue weighted by atomic mass is 15.1. The molecule has 1 atom stereocenters. The van der Waals surface area contributed by atoms with Crippen LogP contribution in [0, 0.1) is 5.92 Å². The third kappa shape index (κ3) is 2.83. The van der Waals surface area contributed by atoms with Crippen LogP contribution in [-0.2, 0) is 0 Å². The lowest BCUT2D eigenvalue weighted by molar-refractivity contribution is 0.399. The summed E-state index contributed by atoms with van der Waals surface area (Å²) in [7, 11) is 2.17. The van der Waals surface area contributed by atoms with Gasteiger partial charge in [0.2, 0.25) is 0 Å². The van der Waals surface area contributed by atoms with Crippen molar-refractivity contribution >= 4 is 11.5 Å². The predicted octanol–water partition coefficient (Wildman–Crippen LogP) is 1.03. The van der Waals surface area contributed by atoms with Crippen LogP contribution in [0.2, 0.25) is 0 Å². The topological polar surface area (TPSA) is 54.2 Å². The van der Waals surface area contributed by atoms with Gasteiger partial charge in [0.05, 0.1) is 0 Å². The Balaban J connectivity index is 1.83. The van der Waals surface area contributed by atoms with Gasteiger partial charge in [-0.1, -0.05) is 0 Å². The highest BCUT2D eigenvalue weighted by Crippen LogP contribution is 2.15. The molecule has 2 heterocycles. The smallest absolute Gasteiger partial charge is 0.127 e. The van der Waals surface area contributed by atoms with Crippen LogP contribution in [0.3, 0.4) is 0 Å². The number of nitrogens with one attached hydrogen (secondary N) is 1. The van der Waals surface area contributed by atoms with E-state index in [-0.39, 0.29) is 0 Å². The summed E-state index contributed by atoms with van der Waals surface area (Å²) in [6.07, 6.45) is 3.00. The number of likely N-dealkylation sites (tertiary alicyclic amines) is 1. The molecule has 0 spiro atoms. The molecular weight excluding hydrogens is 188 g/mol. The van der Waals surface area contributed by atoms with E-state index in [1.165, 1.54) is 19.5 Å². The largest absolute Gasteiger partial charge is 0.399 e. The van der Waals surface area contributed by atoms with Gasteiger partial charge in [-0.3, -0.25) is 0 Å². The molecule has 1 unspecified atom stereocenters. The maximum atomic E-state index is 5.68. The minimum Gasteiger partial charge on any atom is -0.399 e. The van der Waals surface area contributed by atoms with E-state index in [9.17, 15) is 0 Å². The summed E-state index contributed by atoms with van der Waals surface area (Å²) in [4.78, 5) is 6.58. The molecule has 1 saturated heterocycles. The SMILES string of the molecule is CN1CCC(CNc2cc(N)ccn2)C1. The van der Waals surface area contributed by atoms with Gasteiger partial charge in [-0.15, -0.1) is 0 Å². The maximum Gasteiger partial charge on any atom is 0.127 e. The number of hydrogen-bond acceptors (Lipinski definition) is 4. The Morgan fingerprint density at radius 2 is 2.53 bits per heavy atom. The molecule has 1 aromatic heterocycles. The summed E-state index contributed by atoms with van der Waals surface area (Å²) in [5.41, 5.74) is 6.44. The molecule has 1 fully saturated rings. The van der Waals surface area contributed by atoms with Gasteiger partial charge < -0.3 is 16.0 Å². The normalized spacial score (nSPS) is 21.8. The van der Waals surface area contributed by atoms with Gasteiger partial charge >= 0.3 is 0 Å². The van der Waals surface area contributed by atoms with Crippen LogP contribution in [0.25, 0.3) is 0 Å². The van der Waals surface area contributed by atoms with Crippen molar-refractivity contribution in [1.82, 2.24) is 9.88 Å². The zero-order valence-corrected chi connectivity index (χ0v) is 9.11. The molecule has 82 valence electrons. The average Bonchev–Trinajstić information content (AvgIpc) is 2.62. The van der Waals surface area contributed by atoms with Gasteiger partial charge in [0, 0.05) is 31.0 Å². The van der Waals surface area contributed by atoms with E-state index in [2.05, 4.69) is 22.2 Å². The van der Waals surface area contributed by atoms with Crippen LogP contribution >= 0.6 is 0 Å². The quantitative estimate of drug-likeness (QED) is 0.775. The molecule has 0 amide bonds. The number of anilines is 2. The van der Waals surface area contributed by atoms with Crippen molar-refractivity contribution in [1.29, 1.82) is 0 Å². The summed E-state index contributed by atoms with van der Waals surface area (Å²) >= 11 is 0. The molecular formula is C11H18N4. The van der Waals surface area contributed by atoms with Crippen LogP contribution in [0.1, 0.15) is 6.42 Å². The molecule has 15 heavy (non-hydrogen) atoms. The van der Waals surface area contributed by atoms with Crippen molar-refractivity contribution in [3.63, 3.8) is 0 Å². The first-order chi connectivity index (χ1) is 7.24. The van der Waals surface area contributed by atoms with Crippen LogP contribution in [0.15, 0.2) is 18.3 Å². The van der Waals surface area contributed by atoms with Crippen LogP contribution < -0.4 is 11.1 Å². The van der Waals surface area contributed by atoms with Gasteiger partial charge in [-0.25, -0.2) is 4.98 Å². The summed E-state index contributed by atoms with van der Waals surface area (Å²) < 4.78 is 0. The second-order valence-electron chi connectivity index (χ2n) is 4.27. The third-order valence-electron chi connectivity index (χ3n) is 2.84. The van der Waals surface area contributed by atoms with Crippen molar-refractivity contribution in [2.75, 3.05) is 37.7 Å². The first-order valence-electron chi connectivity index (χ1n) is 5.38. The molecule has 1 aliphatic rings. The number of hydrogen-bond donors (Lipinski definition) is 2.